The molecule has 9 nitrogen and oxygen atoms in total. The number of esters is 1. The average molecular weight is 569 g/mol. The highest BCUT2D eigenvalue weighted by Gasteiger charge is 2.70. The zero-order valence-corrected chi connectivity index (χ0v) is 22.9. The number of halogens is 1. The first-order valence-corrected chi connectivity index (χ1v) is 13.7. The molecule has 3 aliphatic rings. The van der Waals surface area contributed by atoms with Crippen molar-refractivity contribution in [3.05, 3.63) is 88.6 Å². The van der Waals surface area contributed by atoms with E-state index >= 15 is 0 Å². The third-order valence-corrected chi connectivity index (χ3v) is 8.68. The van der Waals surface area contributed by atoms with Crippen molar-refractivity contribution in [2.45, 2.75) is 31.8 Å². The molecule has 1 spiro atoms. The summed E-state index contributed by atoms with van der Waals surface area (Å²) in [5, 5.41) is 7.90. The molecule has 1 aromatic heterocycles. The van der Waals surface area contributed by atoms with Crippen LogP contribution in [-0.4, -0.2) is 34.7 Å². The number of hydrogen-bond acceptors (Lipinski definition) is 6. The van der Waals surface area contributed by atoms with Gasteiger partial charge in [0.1, 0.15) is 11.3 Å². The predicted molar refractivity (Wildman–Crippen MR) is 153 cm³/mol. The van der Waals surface area contributed by atoms with E-state index in [4.69, 9.17) is 16.3 Å². The number of fused-ring (bicyclic) bond motifs is 5. The fourth-order valence-electron chi connectivity index (χ4n) is 6.83. The van der Waals surface area contributed by atoms with Gasteiger partial charge in [0.15, 0.2) is 0 Å². The minimum absolute atomic E-state index is 0.296. The molecule has 4 atom stereocenters. The van der Waals surface area contributed by atoms with Crippen molar-refractivity contribution in [3.8, 4) is 5.75 Å². The van der Waals surface area contributed by atoms with E-state index in [0.717, 1.165) is 26.9 Å². The molecule has 4 aromatic rings. The third-order valence-electron chi connectivity index (χ3n) is 8.46. The van der Waals surface area contributed by atoms with Crippen LogP contribution in [0.3, 0.4) is 0 Å². The first kappa shape index (κ1) is 25.5. The van der Waals surface area contributed by atoms with E-state index in [1.807, 2.05) is 37.4 Å². The van der Waals surface area contributed by atoms with Gasteiger partial charge < -0.3 is 15.0 Å². The SMILES string of the molecule is CC(=O)Oc1ccc(N2C(=O)C3C(Cc4c[nH]c5ccccc45)NC4(C(=O)Nc5c(C)cc(Cl)cc54)C3C2=O)cc1. The molecule has 41 heavy (non-hydrogen) atoms. The van der Waals surface area contributed by atoms with Crippen LogP contribution in [0.5, 0.6) is 5.75 Å². The van der Waals surface area contributed by atoms with Gasteiger partial charge in [0.25, 0.3) is 0 Å². The highest BCUT2D eigenvalue weighted by molar-refractivity contribution is 6.31. The molecular formula is C31H25ClN4O5. The van der Waals surface area contributed by atoms with Gasteiger partial charge in [0.2, 0.25) is 17.7 Å². The molecule has 10 heteroatoms. The normalized spacial score (nSPS) is 24.7. The highest BCUT2D eigenvalue weighted by Crippen LogP contribution is 2.55. The number of benzene rings is 3. The Hall–Kier alpha value is -4.47. The Labute approximate surface area is 239 Å². The van der Waals surface area contributed by atoms with E-state index in [1.165, 1.54) is 19.1 Å². The van der Waals surface area contributed by atoms with Crippen LogP contribution >= 0.6 is 11.6 Å². The molecule has 4 heterocycles. The van der Waals surface area contributed by atoms with Gasteiger partial charge in [0.05, 0.1) is 17.5 Å². The number of imide groups is 1. The number of nitrogens with one attached hydrogen (secondary N) is 3. The minimum Gasteiger partial charge on any atom is -0.427 e. The molecule has 0 bridgehead atoms. The van der Waals surface area contributed by atoms with Gasteiger partial charge in [0, 0.05) is 46.3 Å². The van der Waals surface area contributed by atoms with Crippen molar-refractivity contribution >= 4 is 57.6 Å². The van der Waals surface area contributed by atoms with Crippen LogP contribution < -0.4 is 20.3 Å². The van der Waals surface area contributed by atoms with Crippen molar-refractivity contribution in [1.29, 1.82) is 0 Å². The maximum Gasteiger partial charge on any atom is 0.308 e. The largest absolute Gasteiger partial charge is 0.427 e. The lowest BCUT2D eigenvalue weighted by atomic mass is 9.76. The zero-order chi connectivity index (χ0) is 28.6. The Kier molecular flexibility index (Phi) is 5.61. The fraction of sp³-hybridized carbons (Fsp3) is 0.226. The predicted octanol–water partition coefficient (Wildman–Crippen LogP) is 4.22. The second-order valence-electron chi connectivity index (χ2n) is 10.8. The van der Waals surface area contributed by atoms with E-state index < -0.39 is 41.2 Å². The van der Waals surface area contributed by atoms with E-state index in [0.29, 0.717) is 34.1 Å². The number of H-pyrrole nitrogens is 1. The van der Waals surface area contributed by atoms with Crippen LogP contribution in [0.15, 0.2) is 66.9 Å². The topological polar surface area (TPSA) is 121 Å². The lowest BCUT2D eigenvalue weighted by Gasteiger charge is -2.29. The molecule has 206 valence electrons. The van der Waals surface area contributed by atoms with Gasteiger partial charge in [-0.3, -0.25) is 24.5 Å². The summed E-state index contributed by atoms with van der Waals surface area (Å²) < 4.78 is 5.12. The number of aromatic amines is 1. The molecule has 3 N–H and O–H groups in total. The molecule has 2 fully saturated rings. The van der Waals surface area contributed by atoms with Gasteiger partial charge >= 0.3 is 5.97 Å². The Balaban J connectivity index is 1.35. The maximum absolute atomic E-state index is 14.3. The van der Waals surface area contributed by atoms with Crippen LogP contribution in [0.2, 0.25) is 5.02 Å². The van der Waals surface area contributed by atoms with E-state index in [1.54, 1.807) is 24.3 Å². The second kappa shape index (κ2) is 9.02. The molecule has 3 aromatic carbocycles. The van der Waals surface area contributed by atoms with E-state index in [-0.39, 0.29) is 5.91 Å². The third kappa shape index (κ3) is 3.66. The van der Waals surface area contributed by atoms with Crippen LogP contribution in [-0.2, 0) is 31.1 Å². The molecule has 0 aliphatic carbocycles. The maximum atomic E-state index is 14.3. The van der Waals surface area contributed by atoms with Gasteiger partial charge in [-0.25, -0.2) is 4.90 Å². The number of anilines is 2. The quantitative estimate of drug-likeness (QED) is 0.193. The average Bonchev–Trinajstić information content (AvgIpc) is 3.64. The number of hydrogen-bond donors (Lipinski definition) is 3. The Morgan fingerprint density at radius 1 is 1.05 bits per heavy atom. The summed E-state index contributed by atoms with van der Waals surface area (Å²) in [5.41, 5.74) is 2.73. The lowest BCUT2D eigenvalue weighted by molar-refractivity contribution is -0.132. The van der Waals surface area contributed by atoms with E-state index in [9.17, 15) is 19.2 Å². The van der Waals surface area contributed by atoms with Crippen LogP contribution in [0.1, 0.15) is 23.6 Å². The molecule has 4 unspecified atom stereocenters. The van der Waals surface area contributed by atoms with Gasteiger partial charge in [-0.15, -0.1) is 0 Å². The standard InChI is InChI=1S/C31H25ClN4O5/c1-15-11-18(32)13-22-27(15)34-30(40)31(22)26-25(24(35-31)12-17-14-33-23-6-4-3-5-21(17)23)28(38)36(29(26)39)19-7-9-20(10-8-19)41-16(2)37/h3-11,13-14,24-26,33,35H,12H2,1-2H3,(H,34,40). The Morgan fingerprint density at radius 2 is 1.80 bits per heavy atom. The first-order valence-electron chi connectivity index (χ1n) is 13.3. The summed E-state index contributed by atoms with van der Waals surface area (Å²) in [7, 11) is 0. The Morgan fingerprint density at radius 3 is 2.56 bits per heavy atom. The fourth-order valence-corrected chi connectivity index (χ4v) is 7.10. The van der Waals surface area contributed by atoms with Crippen molar-refractivity contribution in [1.82, 2.24) is 10.3 Å². The van der Waals surface area contributed by atoms with Crippen molar-refractivity contribution < 1.29 is 23.9 Å². The second-order valence-corrected chi connectivity index (χ2v) is 11.3. The number of carbonyl (C=O) groups is 4. The monoisotopic (exact) mass is 568 g/mol. The number of amides is 3. The minimum atomic E-state index is -1.48. The Bertz CT molecular complexity index is 1800. The summed E-state index contributed by atoms with van der Waals surface area (Å²) in [4.78, 5) is 58.1. The van der Waals surface area contributed by atoms with Crippen LogP contribution in [0.4, 0.5) is 11.4 Å². The number of aromatic nitrogens is 1. The number of carbonyl (C=O) groups excluding carboxylic acids is 4. The van der Waals surface area contributed by atoms with Crippen molar-refractivity contribution in [2.75, 3.05) is 10.2 Å². The van der Waals surface area contributed by atoms with Crippen molar-refractivity contribution in [3.63, 3.8) is 0 Å². The summed E-state index contributed by atoms with van der Waals surface area (Å²) in [5.74, 6) is -3.26. The summed E-state index contributed by atoms with van der Waals surface area (Å²) in [6.45, 7) is 3.14. The molecule has 3 amide bonds. The molecule has 2 saturated heterocycles. The highest BCUT2D eigenvalue weighted by atomic mass is 35.5. The number of aryl methyl sites for hydroxylation is 1. The number of nitrogens with zero attached hydrogens (tertiary/aromatic N) is 1. The molecule has 0 radical (unpaired) electrons. The van der Waals surface area contributed by atoms with E-state index in [2.05, 4.69) is 15.6 Å². The van der Waals surface area contributed by atoms with Crippen molar-refractivity contribution in [2.24, 2.45) is 11.8 Å². The first-order chi connectivity index (χ1) is 19.7. The van der Waals surface area contributed by atoms with Gasteiger partial charge in [-0.2, -0.15) is 0 Å². The molecule has 7 rings (SSSR count). The number of ether oxygens (including phenoxy) is 1. The van der Waals surface area contributed by atoms with Gasteiger partial charge in [-0.1, -0.05) is 29.8 Å². The summed E-state index contributed by atoms with van der Waals surface area (Å²) in [6.07, 6.45) is 2.32. The molecular weight excluding hydrogens is 544 g/mol. The summed E-state index contributed by atoms with van der Waals surface area (Å²) >= 11 is 6.47. The molecule has 3 aliphatic heterocycles. The lowest BCUT2D eigenvalue weighted by Crippen LogP contribution is -2.53. The number of para-hydroxylation sites is 1. The summed E-state index contributed by atoms with van der Waals surface area (Å²) in [6, 6.07) is 17.0. The van der Waals surface area contributed by atoms with Crippen LogP contribution in [0.25, 0.3) is 10.9 Å². The number of rotatable bonds is 4. The van der Waals surface area contributed by atoms with Crippen LogP contribution in [0, 0.1) is 18.8 Å². The molecule has 0 saturated carbocycles. The van der Waals surface area contributed by atoms with Gasteiger partial charge in [-0.05, 0) is 66.9 Å². The zero-order valence-electron chi connectivity index (χ0n) is 22.2. The smallest absolute Gasteiger partial charge is 0.308 e.